The van der Waals surface area contributed by atoms with Crippen LogP contribution in [0.15, 0.2) is 24.3 Å². The normalized spacial score (nSPS) is 22.6. The molecule has 1 fully saturated rings. The van der Waals surface area contributed by atoms with E-state index in [-0.39, 0.29) is 0 Å². The highest BCUT2D eigenvalue weighted by Crippen LogP contribution is 2.25. The number of rotatable bonds is 3. The van der Waals surface area contributed by atoms with Gasteiger partial charge in [-0.2, -0.15) is 0 Å². The van der Waals surface area contributed by atoms with E-state index in [0.717, 1.165) is 39.0 Å². The summed E-state index contributed by atoms with van der Waals surface area (Å²) in [6.07, 6.45) is 2.97. The van der Waals surface area contributed by atoms with Crippen molar-refractivity contribution in [3.05, 3.63) is 35.4 Å². The molecule has 1 saturated heterocycles. The average Bonchev–Trinajstić information content (AvgIpc) is 2.96. The molecule has 114 valence electrons. The van der Waals surface area contributed by atoms with E-state index < -0.39 is 0 Å². The van der Waals surface area contributed by atoms with E-state index in [1.54, 1.807) is 0 Å². The molecule has 3 heteroatoms. The van der Waals surface area contributed by atoms with Crippen LogP contribution in [0.3, 0.4) is 0 Å². The maximum atomic E-state index is 12.2. The van der Waals surface area contributed by atoms with Gasteiger partial charge in [0.05, 0.1) is 0 Å². The number of carbonyl (C=O) groups excluding carboxylic acids is 1. The third-order valence-electron chi connectivity index (χ3n) is 4.78. The molecule has 21 heavy (non-hydrogen) atoms. The summed E-state index contributed by atoms with van der Waals surface area (Å²) in [5, 5.41) is 0. The monoisotopic (exact) mass is 286 g/mol. The number of likely N-dealkylation sites (tertiary alicyclic amines) is 1. The summed E-state index contributed by atoms with van der Waals surface area (Å²) >= 11 is 0. The highest BCUT2D eigenvalue weighted by Gasteiger charge is 2.31. The van der Waals surface area contributed by atoms with E-state index in [0.29, 0.717) is 24.3 Å². The van der Waals surface area contributed by atoms with Crippen molar-refractivity contribution >= 4 is 5.91 Å². The number of nitrogens with zero attached hydrogens (tertiary/aromatic N) is 2. The molecular formula is C18H26N2O. The Hall–Kier alpha value is -1.35. The minimum atomic E-state index is 0.338. The number of amides is 1. The third kappa shape index (κ3) is 3.29. The molecule has 0 spiro atoms. The molecule has 1 aromatic rings. The Morgan fingerprint density at radius 1 is 1.24 bits per heavy atom. The molecule has 0 saturated carbocycles. The van der Waals surface area contributed by atoms with Crippen molar-refractivity contribution in [3.63, 3.8) is 0 Å². The zero-order valence-corrected chi connectivity index (χ0v) is 13.2. The van der Waals surface area contributed by atoms with Gasteiger partial charge in [-0.1, -0.05) is 38.1 Å². The SMILES string of the molecule is CC(C)CC(=O)N1CCC(N2CCc3ccccc3C2)C1. The van der Waals surface area contributed by atoms with E-state index >= 15 is 0 Å². The van der Waals surface area contributed by atoms with E-state index in [9.17, 15) is 4.79 Å². The number of carbonyl (C=O) groups is 1. The van der Waals surface area contributed by atoms with Gasteiger partial charge in [0.1, 0.15) is 0 Å². The third-order valence-corrected chi connectivity index (χ3v) is 4.78. The Bertz CT molecular complexity index is 512. The molecule has 1 unspecified atom stereocenters. The van der Waals surface area contributed by atoms with Crippen LogP contribution in [-0.2, 0) is 17.8 Å². The predicted molar refractivity (Wildman–Crippen MR) is 85.0 cm³/mol. The first-order chi connectivity index (χ1) is 10.1. The number of hydrogen-bond donors (Lipinski definition) is 0. The van der Waals surface area contributed by atoms with E-state index in [4.69, 9.17) is 0 Å². The lowest BCUT2D eigenvalue weighted by Gasteiger charge is -2.33. The van der Waals surface area contributed by atoms with Gasteiger partial charge in [0.15, 0.2) is 0 Å². The highest BCUT2D eigenvalue weighted by atomic mass is 16.2. The van der Waals surface area contributed by atoms with Crippen LogP contribution < -0.4 is 0 Å². The van der Waals surface area contributed by atoms with Crippen molar-refractivity contribution < 1.29 is 4.79 Å². The molecule has 1 aromatic carbocycles. The standard InChI is InChI=1S/C18H26N2O/c1-14(2)11-18(21)20-10-8-17(13-20)19-9-7-15-5-3-4-6-16(15)12-19/h3-6,14,17H,7-13H2,1-2H3. The van der Waals surface area contributed by atoms with Crippen LogP contribution >= 0.6 is 0 Å². The van der Waals surface area contributed by atoms with Gasteiger partial charge in [-0.25, -0.2) is 0 Å². The Labute approximate surface area is 127 Å². The fraction of sp³-hybridized carbons (Fsp3) is 0.611. The van der Waals surface area contributed by atoms with Gasteiger partial charge in [0, 0.05) is 38.6 Å². The van der Waals surface area contributed by atoms with Crippen molar-refractivity contribution in [1.29, 1.82) is 0 Å². The first-order valence-electron chi connectivity index (χ1n) is 8.22. The van der Waals surface area contributed by atoms with E-state index in [1.807, 2.05) is 0 Å². The van der Waals surface area contributed by atoms with Crippen molar-refractivity contribution in [2.45, 2.75) is 45.7 Å². The smallest absolute Gasteiger partial charge is 0.222 e. The Morgan fingerprint density at radius 2 is 2.00 bits per heavy atom. The molecule has 0 radical (unpaired) electrons. The van der Waals surface area contributed by atoms with Crippen molar-refractivity contribution in [2.24, 2.45) is 5.92 Å². The molecule has 1 atom stereocenters. The topological polar surface area (TPSA) is 23.6 Å². The summed E-state index contributed by atoms with van der Waals surface area (Å²) in [6.45, 7) is 8.28. The van der Waals surface area contributed by atoms with Gasteiger partial charge < -0.3 is 4.90 Å². The molecule has 1 amide bonds. The summed E-state index contributed by atoms with van der Waals surface area (Å²) < 4.78 is 0. The Balaban J connectivity index is 1.59. The summed E-state index contributed by atoms with van der Waals surface area (Å²) in [6, 6.07) is 9.32. The second kappa shape index (κ2) is 6.18. The van der Waals surface area contributed by atoms with E-state index in [2.05, 4.69) is 47.9 Å². The van der Waals surface area contributed by atoms with Gasteiger partial charge in [-0.3, -0.25) is 9.69 Å². The van der Waals surface area contributed by atoms with Crippen molar-refractivity contribution in [2.75, 3.05) is 19.6 Å². The molecule has 0 aliphatic carbocycles. The van der Waals surface area contributed by atoms with Crippen LogP contribution in [0.5, 0.6) is 0 Å². The van der Waals surface area contributed by atoms with Gasteiger partial charge in [-0.15, -0.1) is 0 Å². The van der Waals surface area contributed by atoms with Gasteiger partial charge in [0.2, 0.25) is 5.91 Å². The van der Waals surface area contributed by atoms with Gasteiger partial charge in [0.25, 0.3) is 0 Å². The Kier molecular flexibility index (Phi) is 4.29. The molecule has 0 bridgehead atoms. The minimum Gasteiger partial charge on any atom is -0.341 e. The lowest BCUT2D eigenvalue weighted by molar-refractivity contribution is -0.131. The van der Waals surface area contributed by atoms with Gasteiger partial charge >= 0.3 is 0 Å². The summed E-state index contributed by atoms with van der Waals surface area (Å²) in [7, 11) is 0. The van der Waals surface area contributed by atoms with E-state index in [1.165, 1.54) is 11.1 Å². The van der Waals surface area contributed by atoms with Crippen LogP contribution in [-0.4, -0.2) is 41.4 Å². The van der Waals surface area contributed by atoms with Crippen LogP contribution in [0.1, 0.15) is 37.8 Å². The van der Waals surface area contributed by atoms with Crippen LogP contribution in [0.2, 0.25) is 0 Å². The molecule has 3 nitrogen and oxygen atoms in total. The first kappa shape index (κ1) is 14.6. The second-order valence-electron chi connectivity index (χ2n) is 6.87. The molecule has 2 aliphatic rings. The fourth-order valence-corrected chi connectivity index (χ4v) is 3.57. The molecule has 3 rings (SSSR count). The summed E-state index contributed by atoms with van der Waals surface area (Å²) in [5.74, 6) is 0.795. The Morgan fingerprint density at radius 3 is 2.76 bits per heavy atom. The number of benzene rings is 1. The fourth-order valence-electron chi connectivity index (χ4n) is 3.57. The molecule has 2 heterocycles. The zero-order valence-electron chi connectivity index (χ0n) is 13.2. The zero-order chi connectivity index (χ0) is 14.8. The lowest BCUT2D eigenvalue weighted by Crippen LogP contribution is -2.41. The lowest BCUT2D eigenvalue weighted by atomic mass is 9.98. The predicted octanol–water partition coefficient (Wildman–Crippen LogP) is 2.69. The average molecular weight is 286 g/mol. The van der Waals surface area contributed by atoms with Crippen molar-refractivity contribution in [3.8, 4) is 0 Å². The van der Waals surface area contributed by atoms with Gasteiger partial charge in [-0.05, 0) is 29.9 Å². The van der Waals surface area contributed by atoms with Crippen LogP contribution in [0.25, 0.3) is 0 Å². The quantitative estimate of drug-likeness (QED) is 0.853. The van der Waals surface area contributed by atoms with Crippen molar-refractivity contribution in [1.82, 2.24) is 9.80 Å². The number of fused-ring (bicyclic) bond motifs is 1. The first-order valence-corrected chi connectivity index (χ1v) is 8.22. The molecule has 2 aliphatic heterocycles. The second-order valence-corrected chi connectivity index (χ2v) is 6.87. The summed E-state index contributed by atoms with van der Waals surface area (Å²) in [5.41, 5.74) is 2.97. The minimum absolute atomic E-state index is 0.338. The summed E-state index contributed by atoms with van der Waals surface area (Å²) in [4.78, 5) is 16.8. The maximum Gasteiger partial charge on any atom is 0.222 e. The number of hydrogen-bond acceptors (Lipinski definition) is 2. The molecule has 0 N–H and O–H groups in total. The molecular weight excluding hydrogens is 260 g/mol. The maximum absolute atomic E-state index is 12.2. The van der Waals surface area contributed by atoms with Crippen LogP contribution in [0, 0.1) is 5.92 Å². The van der Waals surface area contributed by atoms with Crippen LogP contribution in [0.4, 0.5) is 0 Å². The molecule has 0 aromatic heterocycles. The largest absolute Gasteiger partial charge is 0.341 e. The highest BCUT2D eigenvalue weighted by molar-refractivity contribution is 5.76.